The summed E-state index contributed by atoms with van der Waals surface area (Å²) in [6.45, 7) is 7.26. The maximum atomic E-state index is 13.4. The van der Waals surface area contributed by atoms with Crippen LogP contribution in [-0.2, 0) is 6.54 Å². The Hall–Kier alpha value is -3.39. The highest BCUT2D eigenvalue weighted by molar-refractivity contribution is 6.04. The number of carbonyl (C=O) groups excluding carboxylic acids is 1. The van der Waals surface area contributed by atoms with Gasteiger partial charge in [-0.2, -0.15) is 5.10 Å². The normalized spacial score (nSPS) is 14.6. The van der Waals surface area contributed by atoms with Crippen LogP contribution in [0.15, 0.2) is 47.3 Å². The average molecular weight is 451 g/mol. The number of hydrogen-bond acceptors (Lipinski definition) is 6. The van der Waals surface area contributed by atoms with Crippen molar-refractivity contribution < 1.29 is 14.3 Å². The summed E-state index contributed by atoms with van der Waals surface area (Å²) in [5, 5.41) is 5.60. The molecule has 0 aliphatic carbocycles. The fraction of sp³-hybridized carbons (Fsp3) is 0.400. The van der Waals surface area contributed by atoms with Crippen LogP contribution in [0.1, 0.15) is 35.9 Å². The molecule has 33 heavy (non-hydrogen) atoms. The Morgan fingerprint density at radius 1 is 0.970 bits per heavy atom. The molecule has 0 spiro atoms. The molecule has 0 bridgehead atoms. The van der Waals surface area contributed by atoms with Crippen molar-refractivity contribution in [1.82, 2.24) is 19.6 Å². The second-order valence-corrected chi connectivity index (χ2v) is 8.50. The number of nitrogens with zero attached hydrogens (tertiary/aromatic N) is 4. The molecule has 0 unspecified atom stereocenters. The van der Waals surface area contributed by atoms with Crippen molar-refractivity contribution in [2.45, 2.75) is 26.4 Å². The third-order valence-electron chi connectivity index (χ3n) is 6.03. The van der Waals surface area contributed by atoms with E-state index >= 15 is 0 Å². The first-order valence-electron chi connectivity index (χ1n) is 11.2. The zero-order valence-corrected chi connectivity index (χ0v) is 19.6. The molecular weight excluding hydrogens is 420 g/mol. The number of benzene rings is 2. The first-order chi connectivity index (χ1) is 15.9. The Bertz CT molecular complexity index is 1210. The summed E-state index contributed by atoms with van der Waals surface area (Å²) in [4.78, 5) is 30.3. The van der Waals surface area contributed by atoms with Gasteiger partial charge in [-0.3, -0.25) is 14.5 Å². The highest BCUT2D eigenvalue weighted by Crippen LogP contribution is 2.28. The van der Waals surface area contributed by atoms with Gasteiger partial charge in [-0.1, -0.05) is 24.3 Å². The lowest BCUT2D eigenvalue weighted by molar-refractivity contribution is 0.0622. The topological polar surface area (TPSA) is 76.9 Å². The Kier molecular flexibility index (Phi) is 6.65. The molecule has 2 aromatic carbocycles. The molecule has 1 aromatic heterocycles. The summed E-state index contributed by atoms with van der Waals surface area (Å²) in [5.41, 5.74) is 1.30. The van der Waals surface area contributed by atoms with Crippen molar-refractivity contribution in [2.24, 2.45) is 0 Å². The van der Waals surface area contributed by atoms with Crippen LogP contribution in [0, 0.1) is 0 Å². The molecule has 2 heterocycles. The van der Waals surface area contributed by atoms with E-state index in [0.29, 0.717) is 41.1 Å². The molecule has 4 rings (SSSR count). The maximum absolute atomic E-state index is 13.4. The van der Waals surface area contributed by atoms with Gasteiger partial charge in [-0.05, 0) is 37.6 Å². The van der Waals surface area contributed by atoms with Gasteiger partial charge in [0.2, 0.25) is 0 Å². The highest BCUT2D eigenvalue weighted by Gasteiger charge is 2.26. The van der Waals surface area contributed by atoms with E-state index in [-0.39, 0.29) is 17.5 Å². The number of methoxy groups -OCH3 is 2. The second-order valence-electron chi connectivity index (χ2n) is 8.50. The predicted molar refractivity (Wildman–Crippen MR) is 127 cm³/mol. The largest absolute Gasteiger partial charge is 0.493 e. The number of rotatable bonds is 6. The molecule has 1 aliphatic rings. The lowest BCUT2D eigenvalue weighted by Crippen LogP contribution is -2.48. The van der Waals surface area contributed by atoms with E-state index < -0.39 is 0 Å². The van der Waals surface area contributed by atoms with Crippen molar-refractivity contribution in [2.75, 3.05) is 40.4 Å². The minimum absolute atomic E-state index is 0.132. The third kappa shape index (κ3) is 4.57. The molecule has 1 saturated heterocycles. The maximum Gasteiger partial charge on any atom is 0.275 e. The molecule has 0 N–H and O–H groups in total. The average Bonchev–Trinajstić information content (AvgIpc) is 2.84. The monoisotopic (exact) mass is 450 g/mol. The standard InChI is InChI=1S/C25H30N4O4/c1-17(2)29-24(30)20-8-6-5-7-19(20)23(26-29)25(31)28-13-11-27(12-14-28)16-18-9-10-21(32-3)22(15-18)33-4/h5-10,15,17H,11-14,16H2,1-4H3. The molecule has 1 aliphatic heterocycles. The number of aromatic nitrogens is 2. The van der Waals surface area contributed by atoms with Gasteiger partial charge < -0.3 is 14.4 Å². The fourth-order valence-electron chi connectivity index (χ4n) is 4.21. The van der Waals surface area contributed by atoms with Crippen molar-refractivity contribution in [3.05, 3.63) is 64.1 Å². The van der Waals surface area contributed by atoms with E-state index in [1.165, 1.54) is 4.68 Å². The minimum Gasteiger partial charge on any atom is -0.493 e. The summed E-state index contributed by atoms with van der Waals surface area (Å²) < 4.78 is 12.1. The van der Waals surface area contributed by atoms with Crippen LogP contribution in [0.5, 0.6) is 11.5 Å². The van der Waals surface area contributed by atoms with Crippen molar-refractivity contribution >= 4 is 16.7 Å². The molecule has 0 saturated carbocycles. The fourth-order valence-corrected chi connectivity index (χ4v) is 4.21. The van der Waals surface area contributed by atoms with Crippen LogP contribution in [0.3, 0.4) is 0 Å². The van der Waals surface area contributed by atoms with Crippen LogP contribution in [0.2, 0.25) is 0 Å². The molecular formula is C25H30N4O4. The van der Waals surface area contributed by atoms with Crippen LogP contribution in [0.4, 0.5) is 0 Å². The Morgan fingerprint density at radius 2 is 1.64 bits per heavy atom. The van der Waals surface area contributed by atoms with Crippen molar-refractivity contribution in [3.63, 3.8) is 0 Å². The zero-order chi connectivity index (χ0) is 23.5. The number of fused-ring (bicyclic) bond motifs is 1. The van der Waals surface area contributed by atoms with E-state index in [9.17, 15) is 9.59 Å². The van der Waals surface area contributed by atoms with Gasteiger partial charge in [0.25, 0.3) is 11.5 Å². The lowest BCUT2D eigenvalue weighted by atomic mass is 10.1. The number of ether oxygens (including phenoxy) is 2. The number of carbonyl (C=O) groups is 1. The summed E-state index contributed by atoms with van der Waals surface area (Å²) in [6, 6.07) is 13.0. The number of amides is 1. The summed E-state index contributed by atoms with van der Waals surface area (Å²) in [7, 11) is 3.26. The highest BCUT2D eigenvalue weighted by atomic mass is 16.5. The first kappa shape index (κ1) is 22.8. The summed E-state index contributed by atoms with van der Waals surface area (Å²) in [5.74, 6) is 1.28. The number of piperazine rings is 1. The summed E-state index contributed by atoms with van der Waals surface area (Å²) in [6.07, 6.45) is 0. The molecule has 8 nitrogen and oxygen atoms in total. The van der Waals surface area contributed by atoms with E-state index in [1.807, 2.05) is 49.1 Å². The SMILES string of the molecule is COc1ccc(CN2CCN(C(=O)c3nn(C(C)C)c(=O)c4ccccc34)CC2)cc1OC. The van der Waals surface area contributed by atoms with Crippen molar-refractivity contribution in [3.8, 4) is 11.5 Å². The minimum atomic E-state index is -0.170. The van der Waals surface area contributed by atoms with E-state index in [1.54, 1.807) is 26.4 Å². The Morgan fingerprint density at radius 3 is 2.27 bits per heavy atom. The van der Waals surface area contributed by atoms with Gasteiger partial charge in [0.15, 0.2) is 17.2 Å². The third-order valence-corrected chi connectivity index (χ3v) is 6.03. The first-order valence-corrected chi connectivity index (χ1v) is 11.2. The Balaban J connectivity index is 1.50. The van der Waals surface area contributed by atoms with Crippen LogP contribution in [0.25, 0.3) is 10.8 Å². The van der Waals surface area contributed by atoms with Crippen molar-refractivity contribution in [1.29, 1.82) is 0 Å². The van der Waals surface area contributed by atoms with Crippen LogP contribution < -0.4 is 15.0 Å². The molecule has 1 fully saturated rings. The van der Waals surface area contributed by atoms with Gasteiger partial charge in [0.1, 0.15) is 0 Å². The smallest absolute Gasteiger partial charge is 0.275 e. The number of hydrogen-bond donors (Lipinski definition) is 0. The molecule has 0 atom stereocenters. The van der Waals surface area contributed by atoms with Gasteiger partial charge in [-0.25, -0.2) is 4.68 Å². The van der Waals surface area contributed by atoms with E-state index in [4.69, 9.17) is 9.47 Å². The molecule has 3 aromatic rings. The molecule has 8 heteroatoms. The molecule has 1 amide bonds. The molecule has 0 radical (unpaired) electrons. The zero-order valence-electron chi connectivity index (χ0n) is 19.6. The Labute approximate surface area is 193 Å². The quantitative estimate of drug-likeness (QED) is 0.575. The van der Waals surface area contributed by atoms with Gasteiger partial charge in [-0.15, -0.1) is 0 Å². The summed E-state index contributed by atoms with van der Waals surface area (Å²) >= 11 is 0. The van der Waals surface area contributed by atoms with Crippen LogP contribution >= 0.6 is 0 Å². The molecule has 174 valence electrons. The lowest BCUT2D eigenvalue weighted by Gasteiger charge is -2.34. The van der Waals surface area contributed by atoms with E-state index in [0.717, 1.165) is 25.2 Å². The van der Waals surface area contributed by atoms with Gasteiger partial charge in [0.05, 0.1) is 25.6 Å². The van der Waals surface area contributed by atoms with Crippen LogP contribution in [-0.4, -0.2) is 65.9 Å². The van der Waals surface area contributed by atoms with Gasteiger partial charge in [0, 0.05) is 38.1 Å². The van der Waals surface area contributed by atoms with Gasteiger partial charge >= 0.3 is 0 Å². The predicted octanol–water partition coefficient (Wildman–Crippen LogP) is 2.95. The second kappa shape index (κ2) is 9.62. The van der Waals surface area contributed by atoms with E-state index in [2.05, 4.69) is 10.00 Å².